The summed E-state index contributed by atoms with van der Waals surface area (Å²) in [7, 11) is 0. The number of amides is 2. The minimum absolute atomic E-state index is 0.0138. The lowest BCUT2D eigenvalue weighted by Gasteiger charge is -2.33. The lowest BCUT2D eigenvalue weighted by molar-refractivity contribution is 0.157. The minimum Gasteiger partial charge on any atom is -0.508 e. The van der Waals surface area contributed by atoms with Crippen LogP contribution in [0.25, 0.3) is 0 Å². The number of likely N-dealkylation sites (tertiary alicyclic amines) is 1. The zero-order chi connectivity index (χ0) is 17.6. The van der Waals surface area contributed by atoms with Crippen LogP contribution in [0.3, 0.4) is 0 Å². The number of hydrogen-bond donors (Lipinski definition) is 2. The predicted molar refractivity (Wildman–Crippen MR) is 99.5 cm³/mol. The van der Waals surface area contributed by atoms with Crippen LogP contribution >= 0.6 is 0 Å². The number of aromatic hydroxyl groups is 1. The third-order valence-corrected chi connectivity index (χ3v) is 5.36. The topological polar surface area (TPSA) is 55.8 Å². The second kappa shape index (κ2) is 8.56. The number of rotatable bonds is 7. The molecule has 3 rings (SSSR count). The molecule has 0 aromatic heterocycles. The second-order valence-corrected chi connectivity index (χ2v) is 7.61. The Morgan fingerprint density at radius 1 is 1.32 bits per heavy atom. The van der Waals surface area contributed by atoms with E-state index < -0.39 is 0 Å². The maximum absolute atomic E-state index is 12.7. The summed E-state index contributed by atoms with van der Waals surface area (Å²) in [5, 5.41) is 12.7. The van der Waals surface area contributed by atoms with Crippen molar-refractivity contribution in [1.29, 1.82) is 0 Å². The molecule has 2 N–H and O–H groups in total. The monoisotopic (exact) mass is 345 g/mol. The Morgan fingerprint density at radius 3 is 2.88 bits per heavy atom. The van der Waals surface area contributed by atoms with Crippen molar-refractivity contribution in [3.63, 3.8) is 0 Å². The van der Waals surface area contributed by atoms with Crippen molar-refractivity contribution < 1.29 is 9.90 Å². The van der Waals surface area contributed by atoms with E-state index >= 15 is 0 Å². The molecule has 1 aliphatic heterocycles. The summed E-state index contributed by atoms with van der Waals surface area (Å²) in [4.78, 5) is 17.0. The summed E-state index contributed by atoms with van der Waals surface area (Å²) in [6, 6.07) is 7.83. The molecule has 1 heterocycles. The first-order valence-corrected chi connectivity index (χ1v) is 9.66. The van der Waals surface area contributed by atoms with E-state index in [0.29, 0.717) is 25.0 Å². The molecule has 1 aromatic rings. The molecule has 1 unspecified atom stereocenters. The molecule has 1 aromatic carbocycles. The van der Waals surface area contributed by atoms with E-state index in [1.807, 2.05) is 17.0 Å². The highest BCUT2D eigenvalue weighted by molar-refractivity contribution is 5.74. The van der Waals surface area contributed by atoms with E-state index in [0.717, 1.165) is 25.2 Å². The van der Waals surface area contributed by atoms with Gasteiger partial charge in [0.2, 0.25) is 0 Å². The van der Waals surface area contributed by atoms with Gasteiger partial charge in [0.05, 0.1) is 0 Å². The highest BCUT2D eigenvalue weighted by Crippen LogP contribution is 2.30. The van der Waals surface area contributed by atoms with Gasteiger partial charge in [-0.05, 0) is 62.8 Å². The molecular weight excluding hydrogens is 314 g/mol. The average Bonchev–Trinajstić information content (AvgIpc) is 3.40. The highest BCUT2D eigenvalue weighted by Gasteiger charge is 2.27. The zero-order valence-electron chi connectivity index (χ0n) is 15.3. The first-order chi connectivity index (χ1) is 12.1. The number of phenols is 1. The normalized spacial score (nSPS) is 21.1. The van der Waals surface area contributed by atoms with Crippen molar-refractivity contribution in [1.82, 2.24) is 15.1 Å². The fraction of sp³-hybridized carbons (Fsp3) is 0.650. The van der Waals surface area contributed by atoms with Gasteiger partial charge in [-0.2, -0.15) is 0 Å². The zero-order valence-corrected chi connectivity index (χ0v) is 15.3. The maximum Gasteiger partial charge on any atom is 0.317 e. The lowest BCUT2D eigenvalue weighted by Crippen LogP contribution is -2.46. The Morgan fingerprint density at radius 2 is 2.16 bits per heavy atom. The molecule has 1 aliphatic carbocycles. The SMILES string of the molecule is CC1CCCCN1CCNC(=O)N(Cc1cccc(O)c1)CC1CC1. The van der Waals surface area contributed by atoms with Crippen LogP contribution in [0.5, 0.6) is 5.75 Å². The molecule has 5 nitrogen and oxygen atoms in total. The van der Waals surface area contributed by atoms with Gasteiger partial charge in [-0.25, -0.2) is 4.79 Å². The van der Waals surface area contributed by atoms with Crippen LogP contribution in [0.1, 0.15) is 44.6 Å². The van der Waals surface area contributed by atoms with E-state index in [-0.39, 0.29) is 11.8 Å². The largest absolute Gasteiger partial charge is 0.508 e. The van der Waals surface area contributed by atoms with Crippen LogP contribution in [0, 0.1) is 5.92 Å². The molecule has 2 fully saturated rings. The molecule has 0 bridgehead atoms. The smallest absolute Gasteiger partial charge is 0.317 e. The van der Waals surface area contributed by atoms with Gasteiger partial charge in [0.1, 0.15) is 5.75 Å². The Kier molecular flexibility index (Phi) is 6.19. The van der Waals surface area contributed by atoms with Gasteiger partial charge in [0, 0.05) is 32.2 Å². The van der Waals surface area contributed by atoms with Gasteiger partial charge < -0.3 is 15.3 Å². The first kappa shape index (κ1) is 18.1. The summed E-state index contributed by atoms with van der Waals surface area (Å²) >= 11 is 0. The number of piperidine rings is 1. The molecular formula is C20H31N3O2. The molecule has 0 spiro atoms. The first-order valence-electron chi connectivity index (χ1n) is 9.66. The van der Waals surface area contributed by atoms with Crippen molar-refractivity contribution in [2.75, 3.05) is 26.2 Å². The number of carbonyl (C=O) groups excluding carboxylic acids is 1. The molecule has 25 heavy (non-hydrogen) atoms. The number of hydrogen-bond acceptors (Lipinski definition) is 3. The third kappa shape index (κ3) is 5.63. The summed E-state index contributed by atoms with van der Waals surface area (Å²) in [5.74, 6) is 0.897. The third-order valence-electron chi connectivity index (χ3n) is 5.36. The van der Waals surface area contributed by atoms with E-state index in [4.69, 9.17) is 0 Å². The van der Waals surface area contributed by atoms with Gasteiger partial charge in [-0.15, -0.1) is 0 Å². The van der Waals surface area contributed by atoms with E-state index in [9.17, 15) is 9.90 Å². The minimum atomic E-state index is 0.0138. The number of phenolic OH excluding ortho intramolecular Hbond substituents is 1. The Bertz CT molecular complexity index is 574. The van der Waals surface area contributed by atoms with Crippen LogP contribution in [0.2, 0.25) is 0 Å². The van der Waals surface area contributed by atoms with Crippen molar-refractivity contribution in [2.24, 2.45) is 5.92 Å². The van der Waals surface area contributed by atoms with E-state index in [1.165, 1.54) is 32.1 Å². The number of carbonyl (C=O) groups is 1. The van der Waals surface area contributed by atoms with Crippen LogP contribution in [0.15, 0.2) is 24.3 Å². The molecule has 2 amide bonds. The van der Waals surface area contributed by atoms with Gasteiger partial charge in [0.15, 0.2) is 0 Å². The van der Waals surface area contributed by atoms with Crippen LogP contribution in [-0.2, 0) is 6.54 Å². The second-order valence-electron chi connectivity index (χ2n) is 7.61. The Balaban J connectivity index is 1.50. The maximum atomic E-state index is 12.7. The summed E-state index contributed by atoms with van der Waals surface area (Å²) in [6.07, 6.45) is 6.29. The summed E-state index contributed by atoms with van der Waals surface area (Å²) in [6.45, 7) is 6.41. The molecule has 0 radical (unpaired) electrons. The quantitative estimate of drug-likeness (QED) is 0.798. The molecule has 2 aliphatic rings. The molecule has 1 saturated carbocycles. The Hall–Kier alpha value is -1.75. The van der Waals surface area contributed by atoms with Crippen molar-refractivity contribution in [2.45, 2.75) is 51.6 Å². The fourth-order valence-electron chi connectivity index (χ4n) is 3.61. The number of nitrogens with one attached hydrogen (secondary N) is 1. The summed E-state index contributed by atoms with van der Waals surface area (Å²) in [5.41, 5.74) is 0.973. The Labute approximate surface area is 151 Å². The van der Waals surface area contributed by atoms with Crippen molar-refractivity contribution in [3.8, 4) is 5.75 Å². The summed E-state index contributed by atoms with van der Waals surface area (Å²) < 4.78 is 0. The standard InChI is InChI=1S/C20H31N3O2/c1-16-5-2-3-11-22(16)12-10-21-20(25)23(14-17-8-9-17)15-18-6-4-7-19(24)13-18/h4,6-7,13,16-17,24H,2-3,5,8-12,14-15H2,1H3,(H,21,25). The molecule has 5 heteroatoms. The van der Waals surface area contributed by atoms with Gasteiger partial charge in [-0.3, -0.25) is 4.90 Å². The van der Waals surface area contributed by atoms with Crippen molar-refractivity contribution in [3.05, 3.63) is 29.8 Å². The van der Waals surface area contributed by atoms with Crippen LogP contribution in [-0.4, -0.2) is 53.2 Å². The number of nitrogens with zero attached hydrogens (tertiary/aromatic N) is 2. The predicted octanol–water partition coefficient (Wildman–Crippen LogP) is 3.19. The van der Waals surface area contributed by atoms with Gasteiger partial charge in [0.25, 0.3) is 0 Å². The average molecular weight is 345 g/mol. The van der Waals surface area contributed by atoms with E-state index in [2.05, 4.69) is 17.1 Å². The fourth-order valence-corrected chi connectivity index (χ4v) is 3.61. The molecule has 1 atom stereocenters. The molecule has 138 valence electrons. The highest BCUT2D eigenvalue weighted by atomic mass is 16.3. The number of benzene rings is 1. The number of urea groups is 1. The van der Waals surface area contributed by atoms with Crippen LogP contribution < -0.4 is 5.32 Å². The lowest BCUT2D eigenvalue weighted by atomic mass is 10.0. The van der Waals surface area contributed by atoms with Crippen LogP contribution in [0.4, 0.5) is 4.79 Å². The van der Waals surface area contributed by atoms with Gasteiger partial charge in [-0.1, -0.05) is 18.6 Å². The van der Waals surface area contributed by atoms with Crippen molar-refractivity contribution >= 4 is 6.03 Å². The molecule has 1 saturated heterocycles. The van der Waals surface area contributed by atoms with Gasteiger partial charge >= 0.3 is 6.03 Å². The van der Waals surface area contributed by atoms with E-state index in [1.54, 1.807) is 12.1 Å².